The van der Waals surface area contributed by atoms with Gasteiger partial charge in [0.1, 0.15) is 16.5 Å². The van der Waals surface area contributed by atoms with Gasteiger partial charge in [-0.05, 0) is 39.0 Å². The van der Waals surface area contributed by atoms with E-state index in [9.17, 15) is 17.2 Å². The van der Waals surface area contributed by atoms with Crippen LogP contribution in [0.4, 0.5) is 8.78 Å². The molecule has 0 radical (unpaired) electrons. The monoisotopic (exact) mass is 434 g/mol. The number of aromatic nitrogens is 2. The molecule has 6 nitrogen and oxygen atoms in total. The van der Waals surface area contributed by atoms with Crippen molar-refractivity contribution in [2.75, 3.05) is 26.2 Å². The van der Waals surface area contributed by atoms with Gasteiger partial charge in [0.15, 0.2) is 0 Å². The van der Waals surface area contributed by atoms with Crippen LogP contribution in [0.25, 0.3) is 0 Å². The van der Waals surface area contributed by atoms with E-state index in [0.717, 1.165) is 41.7 Å². The Balaban J connectivity index is 0.00000280. The van der Waals surface area contributed by atoms with Gasteiger partial charge in [-0.15, -0.1) is 12.4 Å². The molecular formula is C18H25ClF2N4O2S. The van der Waals surface area contributed by atoms with E-state index in [4.69, 9.17) is 0 Å². The second-order valence-electron chi connectivity index (χ2n) is 6.72. The molecule has 0 amide bonds. The molecule has 1 aromatic carbocycles. The Labute approximate surface area is 170 Å². The van der Waals surface area contributed by atoms with E-state index >= 15 is 0 Å². The Hall–Kier alpha value is -1.55. The minimum Gasteiger partial charge on any atom is -0.296 e. The molecule has 0 N–H and O–H groups in total. The van der Waals surface area contributed by atoms with Crippen molar-refractivity contribution in [3.05, 3.63) is 46.8 Å². The maximum atomic E-state index is 13.9. The van der Waals surface area contributed by atoms with Gasteiger partial charge in [-0.3, -0.25) is 9.58 Å². The summed E-state index contributed by atoms with van der Waals surface area (Å²) in [5, 5.41) is 4.51. The normalized spacial score (nSPS) is 16.2. The molecule has 0 aliphatic carbocycles. The largest absolute Gasteiger partial charge is 0.296 e. The van der Waals surface area contributed by atoms with Crippen LogP contribution in [-0.2, 0) is 23.1 Å². The number of hydrogen-bond donors (Lipinski definition) is 0. The highest BCUT2D eigenvalue weighted by Crippen LogP contribution is 2.23. The number of rotatable bonds is 5. The van der Waals surface area contributed by atoms with Gasteiger partial charge in [0.25, 0.3) is 0 Å². The molecule has 0 saturated carbocycles. The van der Waals surface area contributed by atoms with E-state index in [1.54, 1.807) is 0 Å². The van der Waals surface area contributed by atoms with Gasteiger partial charge in [-0.2, -0.15) is 9.40 Å². The first kappa shape index (κ1) is 22.7. The van der Waals surface area contributed by atoms with Gasteiger partial charge in [0, 0.05) is 50.5 Å². The van der Waals surface area contributed by atoms with Gasteiger partial charge >= 0.3 is 0 Å². The molecule has 1 saturated heterocycles. The smallest absolute Gasteiger partial charge is 0.246 e. The number of halogens is 3. The topological polar surface area (TPSA) is 58.4 Å². The predicted molar refractivity (Wildman–Crippen MR) is 105 cm³/mol. The number of benzene rings is 1. The summed E-state index contributed by atoms with van der Waals surface area (Å²) < 4.78 is 55.8. The molecule has 28 heavy (non-hydrogen) atoms. The highest BCUT2D eigenvalue weighted by molar-refractivity contribution is 7.89. The zero-order valence-electron chi connectivity index (χ0n) is 16.2. The lowest BCUT2D eigenvalue weighted by atomic mass is 10.1. The van der Waals surface area contributed by atoms with Crippen LogP contribution in [-0.4, -0.2) is 53.6 Å². The summed E-state index contributed by atoms with van der Waals surface area (Å²) in [6.07, 6.45) is 0. The van der Waals surface area contributed by atoms with Gasteiger partial charge in [-0.1, -0.05) is 0 Å². The Morgan fingerprint density at radius 3 is 2.32 bits per heavy atom. The average molecular weight is 435 g/mol. The third-order valence-corrected chi connectivity index (χ3v) is 6.97. The second kappa shape index (κ2) is 8.86. The molecule has 1 fully saturated rings. The quantitative estimate of drug-likeness (QED) is 0.726. The van der Waals surface area contributed by atoms with Crippen LogP contribution in [0, 0.1) is 25.5 Å². The Kier molecular flexibility index (Phi) is 7.19. The van der Waals surface area contributed by atoms with Crippen LogP contribution in [0.5, 0.6) is 0 Å². The lowest BCUT2D eigenvalue weighted by molar-refractivity contribution is 0.181. The van der Waals surface area contributed by atoms with Crippen LogP contribution in [0.2, 0.25) is 0 Å². The molecule has 0 atom stereocenters. The Bertz CT molecular complexity index is 941. The summed E-state index contributed by atoms with van der Waals surface area (Å²) in [5.74, 6) is -1.70. The fourth-order valence-electron chi connectivity index (χ4n) is 3.44. The molecule has 3 rings (SSSR count). The number of nitrogens with zero attached hydrogens (tertiary/aromatic N) is 4. The highest BCUT2D eigenvalue weighted by atomic mass is 35.5. The molecule has 1 aliphatic rings. The third-order valence-electron chi connectivity index (χ3n) is 5.05. The van der Waals surface area contributed by atoms with Gasteiger partial charge in [0.2, 0.25) is 10.0 Å². The fraction of sp³-hybridized carbons (Fsp3) is 0.500. The standard InChI is InChI=1S/C18H24F2N4O2S.ClH/c1-4-24-14(3)16(13(2)21-24)12-22-7-9-23(10-8-22)27(25,26)18-11-15(19)5-6-17(18)20;/h5-6,11H,4,7-10,12H2,1-3H3;1H. The lowest BCUT2D eigenvalue weighted by Crippen LogP contribution is -2.48. The fourth-order valence-corrected chi connectivity index (χ4v) is 4.93. The summed E-state index contributed by atoms with van der Waals surface area (Å²) >= 11 is 0. The number of aryl methyl sites for hydroxylation is 2. The third kappa shape index (κ3) is 4.37. The molecule has 0 bridgehead atoms. The minimum absolute atomic E-state index is 0. The predicted octanol–water partition coefficient (Wildman–Crippen LogP) is 2.73. The highest BCUT2D eigenvalue weighted by Gasteiger charge is 2.31. The van der Waals surface area contributed by atoms with E-state index < -0.39 is 26.6 Å². The first-order valence-electron chi connectivity index (χ1n) is 8.94. The summed E-state index contributed by atoms with van der Waals surface area (Å²) in [7, 11) is -4.05. The van der Waals surface area contributed by atoms with E-state index in [0.29, 0.717) is 19.6 Å². The zero-order chi connectivity index (χ0) is 19.8. The summed E-state index contributed by atoms with van der Waals surface area (Å²) in [6.45, 7) is 9.06. The van der Waals surface area contributed by atoms with Crippen molar-refractivity contribution in [1.82, 2.24) is 19.0 Å². The number of piperazine rings is 1. The van der Waals surface area contributed by atoms with Crippen molar-refractivity contribution < 1.29 is 17.2 Å². The molecular weight excluding hydrogens is 410 g/mol. The Morgan fingerprint density at radius 1 is 1.11 bits per heavy atom. The first-order valence-corrected chi connectivity index (χ1v) is 10.4. The molecule has 156 valence electrons. The van der Waals surface area contributed by atoms with Crippen LogP contribution >= 0.6 is 12.4 Å². The van der Waals surface area contributed by atoms with Crippen molar-refractivity contribution in [2.24, 2.45) is 0 Å². The summed E-state index contributed by atoms with van der Waals surface area (Å²) in [6, 6.07) is 2.49. The minimum atomic E-state index is -4.05. The molecule has 1 aromatic heterocycles. The maximum absolute atomic E-state index is 13.9. The molecule has 10 heteroatoms. The molecule has 2 aromatic rings. The van der Waals surface area contributed by atoms with E-state index in [-0.39, 0.29) is 25.5 Å². The molecule has 0 spiro atoms. The van der Waals surface area contributed by atoms with E-state index in [1.807, 2.05) is 25.5 Å². The average Bonchev–Trinajstić information content (AvgIpc) is 2.91. The first-order chi connectivity index (χ1) is 12.7. The van der Waals surface area contributed by atoms with Gasteiger partial charge in [0.05, 0.1) is 5.69 Å². The SMILES string of the molecule is CCn1nc(C)c(CN2CCN(S(=O)(=O)c3cc(F)ccc3F)CC2)c1C.Cl. The second-order valence-corrected chi connectivity index (χ2v) is 8.63. The summed E-state index contributed by atoms with van der Waals surface area (Å²) in [4.78, 5) is 1.55. The van der Waals surface area contributed by atoms with Gasteiger partial charge in [-0.25, -0.2) is 17.2 Å². The molecule has 1 aliphatic heterocycles. The number of sulfonamides is 1. The van der Waals surface area contributed by atoms with Crippen molar-refractivity contribution in [2.45, 2.75) is 38.8 Å². The maximum Gasteiger partial charge on any atom is 0.246 e. The number of hydrogen-bond acceptors (Lipinski definition) is 4. The van der Waals surface area contributed by atoms with Crippen LogP contribution in [0.1, 0.15) is 23.9 Å². The van der Waals surface area contributed by atoms with Crippen LogP contribution in [0.3, 0.4) is 0 Å². The lowest BCUT2D eigenvalue weighted by Gasteiger charge is -2.34. The van der Waals surface area contributed by atoms with Crippen molar-refractivity contribution >= 4 is 22.4 Å². The van der Waals surface area contributed by atoms with Crippen LogP contribution < -0.4 is 0 Å². The summed E-state index contributed by atoms with van der Waals surface area (Å²) in [5.41, 5.74) is 3.25. The molecule has 2 heterocycles. The van der Waals surface area contributed by atoms with Crippen molar-refractivity contribution in [3.8, 4) is 0 Å². The Morgan fingerprint density at radius 2 is 1.75 bits per heavy atom. The molecule has 0 unspecified atom stereocenters. The van der Waals surface area contributed by atoms with Gasteiger partial charge < -0.3 is 0 Å². The van der Waals surface area contributed by atoms with Crippen molar-refractivity contribution in [1.29, 1.82) is 0 Å². The van der Waals surface area contributed by atoms with E-state index in [1.165, 1.54) is 4.31 Å². The van der Waals surface area contributed by atoms with Crippen LogP contribution in [0.15, 0.2) is 23.1 Å². The van der Waals surface area contributed by atoms with E-state index in [2.05, 4.69) is 10.00 Å². The zero-order valence-corrected chi connectivity index (χ0v) is 17.8. The van der Waals surface area contributed by atoms with Crippen molar-refractivity contribution in [3.63, 3.8) is 0 Å².